The molecular formula is C20H24Br2O2. The van der Waals surface area contributed by atoms with Crippen LogP contribution in [0.1, 0.15) is 38.8 Å². The van der Waals surface area contributed by atoms with Crippen LogP contribution in [0.5, 0.6) is 0 Å². The van der Waals surface area contributed by atoms with E-state index in [1.807, 2.05) is 76.2 Å². The Hall–Kier alpha value is -0.970. The molecule has 0 radical (unpaired) electrons. The molecule has 0 amide bonds. The van der Waals surface area contributed by atoms with Gasteiger partial charge in [-0.15, -0.1) is 0 Å². The monoisotopic (exact) mass is 454 g/mol. The molecule has 0 spiro atoms. The molecule has 0 aliphatic heterocycles. The maximum atomic E-state index is 10.7. The van der Waals surface area contributed by atoms with Crippen LogP contribution in [-0.4, -0.2) is 18.0 Å². The first kappa shape index (κ1) is 21.1. The first-order valence-corrected chi connectivity index (χ1v) is 9.30. The lowest BCUT2D eigenvalue weighted by Gasteiger charge is -2.21. The van der Waals surface area contributed by atoms with Crippen molar-refractivity contribution in [2.75, 3.05) is 6.61 Å². The van der Waals surface area contributed by atoms with Crippen molar-refractivity contribution in [1.82, 2.24) is 0 Å². The summed E-state index contributed by atoms with van der Waals surface area (Å²) >= 11 is 6.72. The Bertz CT molecular complexity index is 644. The fourth-order valence-corrected chi connectivity index (χ4v) is 2.47. The number of carbonyl (C=O) groups excluding carboxylic acids is 1. The van der Waals surface area contributed by atoms with Crippen molar-refractivity contribution < 1.29 is 9.90 Å². The minimum atomic E-state index is -0.374. The summed E-state index contributed by atoms with van der Waals surface area (Å²) in [5, 5.41) is 9.11. The molecule has 0 aliphatic carbocycles. The summed E-state index contributed by atoms with van der Waals surface area (Å²) in [6.07, 6.45) is 0.968. The lowest BCUT2D eigenvalue weighted by atomic mass is 9.86. The van der Waals surface area contributed by atoms with E-state index in [0.717, 1.165) is 26.4 Å². The van der Waals surface area contributed by atoms with E-state index < -0.39 is 0 Å². The Labute approximate surface area is 161 Å². The van der Waals surface area contributed by atoms with E-state index in [4.69, 9.17) is 5.11 Å². The van der Waals surface area contributed by atoms with Gasteiger partial charge >= 0.3 is 0 Å². The van der Waals surface area contributed by atoms with Crippen molar-refractivity contribution in [3.63, 3.8) is 0 Å². The van der Waals surface area contributed by atoms with Crippen molar-refractivity contribution in [2.45, 2.75) is 38.5 Å². The second-order valence-corrected chi connectivity index (χ2v) is 8.73. The van der Waals surface area contributed by atoms with Gasteiger partial charge in [0, 0.05) is 19.8 Å². The Morgan fingerprint density at radius 2 is 1.21 bits per heavy atom. The average molecular weight is 456 g/mol. The zero-order valence-corrected chi connectivity index (χ0v) is 17.7. The van der Waals surface area contributed by atoms with E-state index >= 15 is 0 Å². The molecule has 24 heavy (non-hydrogen) atoms. The van der Waals surface area contributed by atoms with Gasteiger partial charge in [-0.3, -0.25) is 0 Å². The van der Waals surface area contributed by atoms with Crippen LogP contribution in [0.15, 0.2) is 57.5 Å². The van der Waals surface area contributed by atoms with Gasteiger partial charge in [-0.1, -0.05) is 70.0 Å². The molecule has 0 fully saturated rings. The standard InChI is InChI=1S/C10H13BrO.C10H11BrO/c2*1-10(2,7-12)8-3-5-9(11)6-4-8/h3-6,12H,7H2,1-2H3;3-7H,1-2H3. The molecular weight excluding hydrogens is 432 g/mol. The predicted molar refractivity (Wildman–Crippen MR) is 107 cm³/mol. The van der Waals surface area contributed by atoms with Crippen LogP contribution < -0.4 is 0 Å². The van der Waals surface area contributed by atoms with Crippen molar-refractivity contribution in [1.29, 1.82) is 0 Å². The molecule has 0 aromatic heterocycles. The Kier molecular flexibility index (Phi) is 7.84. The second kappa shape index (κ2) is 8.93. The van der Waals surface area contributed by atoms with E-state index in [2.05, 4.69) is 31.9 Å². The predicted octanol–water partition coefficient (Wildman–Crippen LogP) is 5.64. The lowest BCUT2D eigenvalue weighted by Crippen LogP contribution is -2.21. The van der Waals surface area contributed by atoms with Gasteiger partial charge < -0.3 is 9.90 Å². The molecule has 0 atom stereocenters. The molecule has 4 heteroatoms. The van der Waals surface area contributed by atoms with Gasteiger partial charge in [0.15, 0.2) is 0 Å². The molecule has 0 saturated carbocycles. The van der Waals surface area contributed by atoms with Gasteiger partial charge in [0.25, 0.3) is 0 Å². The zero-order chi connectivity index (χ0) is 18.4. The number of carbonyl (C=O) groups is 1. The molecule has 0 unspecified atom stereocenters. The van der Waals surface area contributed by atoms with E-state index in [0.29, 0.717) is 0 Å². The molecule has 0 aliphatic rings. The molecule has 1 N–H and O–H groups in total. The molecule has 0 heterocycles. The summed E-state index contributed by atoms with van der Waals surface area (Å²) < 4.78 is 2.10. The Morgan fingerprint density at radius 1 is 0.833 bits per heavy atom. The van der Waals surface area contributed by atoms with Crippen molar-refractivity contribution >= 4 is 38.1 Å². The summed E-state index contributed by atoms with van der Waals surface area (Å²) in [5.74, 6) is 0. The van der Waals surface area contributed by atoms with E-state index in [1.165, 1.54) is 0 Å². The minimum Gasteiger partial charge on any atom is -0.395 e. The summed E-state index contributed by atoms with van der Waals surface area (Å²) in [6, 6.07) is 15.8. The highest BCUT2D eigenvalue weighted by molar-refractivity contribution is 9.10. The number of halogens is 2. The van der Waals surface area contributed by atoms with Crippen LogP contribution in [0.2, 0.25) is 0 Å². The van der Waals surface area contributed by atoms with Gasteiger partial charge in [-0.05, 0) is 49.2 Å². The number of aldehydes is 1. The summed E-state index contributed by atoms with van der Waals surface area (Å²) in [5.41, 5.74) is 1.69. The average Bonchev–Trinajstić information content (AvgIpc) is 2.56. The van der Waals surface area contributed by atoms with Crippen molar-refractivity contribution in [3.8, 4) is 0 Å². The fraction of sp³-hybridized carbons (Fsp3) is 0.350. The molecule has 2 nitrogen and oxygen atoms in total. The normalized spacial score (nSPS) is 11.5. The highest BCUT2D eigenvalue weighted by Crippen LogP contribution is 2.24. The van der Waals surface area contributed by atoms with E-state index in [-0.39, 0.29) is 17.4 Å². The maximum Gasteiger partial charge on any atom is 0.129 e. The largest absolute Gasteiger partial charge is 0.395 e. The highest BCUT2D eigenvalue weighted by Gasteiger charge is 2.19. The van der Waals surface area contributed by atoms with Gasteiger partial charge in [-0.25, -0.2) is 0 Å². The minimum absolute atomic E-state index is 0.138. The number of hydrogen-bond acceptors (Lipinski definition) is 2. The van der Waals surface area contributed by atoms with Gasteiger partial charge in [0.05, 0.1) is 6.61 Å². The van der Waals surface area contributed by atoms with E-state index in [1.54, 1.807) is 0 Å². The molecule has 130 valence electrons. The highest BCUT2D eigenvalue weighted by atomic mass is 79.9. The fourth-order valence-electron chi connectivity index (χ4n) is 1.94. The third-order valence-electron chi connectivity index (χ3n) is 3.90. The molecule has 0 saturated heterocycles. The number of aliphatic hydroxyl groups excluding tert-OH is 1. The third kappa shape index (κ3) is 6.15. The number of hydrogen-bond donors (Lipinski definition) is 1. The first-order chi connectivity index (χ1) is 11.1. The van der Waals surface area contributed by atoms with Crippen LogP contribution in [0.4, 0.5) is 0 Å². The van der Waals surface area contributed by atoms with Gasteiger partial charge in [0.2, 0.25) is 0 Å². The maximum absolute atomic E-state index is 10.7. The zero-order valence-electron chi connectivity index (χ0n) is 14.5. The van der Waals surface area contributed by atoms with Crippen molar-refractivity contribution in [3.05, 3.63) is 68.6 Å². The second-order valence-electron chi connectivity index (χ2n) is 6.90. The molecule has 0 bridgehead atoms. The molecule has 2 rings (SSSR count). The number of benzene rings is 2. The number of rotatable bonds is 4. The quantitative estimate of drug-likeness (QED) is 0.605. The Morgan fingerprint density at radius 3 is 1.54 bits per heavy atom. The molecule has 2 aromatic carbocycles. The topological polar surface area (TPSA) is 37.3 Å². The van der Waals surface area contributed by atoms with Crippen LogP contribution >= 0.6 is 31.9 Å². The van der Waals surface area contributed by atoms with Crippen LogP contribution in [0.25, 0.3) is 0 Å². The van der Waals surface area contributed by atoms with Gasteiger partial charge in [0.1, 0.15) is 6.29 Å². The third-order valence-corrected chi connectivity index (χ3v) is 4.96. The summed E-state index contributed by atoms with van der Waals surface area (Å²) in [6.45, 7) is 8.04. The SMILES string of the molecule is CC(C)(C=O)c1ccc(Br)cc1.CC(C)(CO)c1ccc(Br)cc1. The lowest BCUT2D eigenvalue weighted by molar-refractivity contribution is -0.111. The Balaban J connectivity index is 0.000000240. The summed E-state index contributed by atoms with van der Waals surface area (Å²) in [7, 11) is 0. The molecule has 2 aromatic rings. The summed E-state index contributed by atoms with van der Waals surface area (Å²) in [4.78, 5) is 10.7. The smallest absolute Gasteiger partial charge is 0.129 e. The van der Waals surface area contributed by atoms with E-state index in [9.17, 15) is 4.79 Å². The van der Waals surface area contributed by atoms with Crippen LogP contribution in [0, 0.1) is 0 Å². The van der Waals surface area contributed by atoms with Gasteiger partial charge in [-0.2, -0.15) is 0 Å². The number of aliphatic hydroxyl groups is 1. The first-order valence-electron chi connectivity index (χ1n) is 7.71. The van der Waals surface area contributed by atoms with Crippen LogP contribution in [-0.2, 0) is 15.6 Å². The van der Waals surface area contributed by atoms with Crippen LogP contribution in [0.3, 0.4) is 0 Å². The van der Waals surface area contributed by atoms with Crippen molar-refractivity contribution in [2.24, 2.45) is 0 Å².